The van der Waals surface area contributed by atoms with Crippen LogP contribution in [0.2, 0.25) is 10.0 Å². The SMILES string of the molecule is Cn1nccc1-c1csc(N[C@H](CN)Cc2ccc(Cl)cc2Cl)c1. The third kappa shape index (κ3) is 3.92. The van der Waals surface area contributed by atoms with E-state index in [1.165, 1.54) is 0 Å². The maximum absolute atomic E-state index is 6.26. The van der Waals surface area contributed by atoms with Crippen molar-refractivity contribution in [3.63, 3.8) is 0 Å². The lowest BCUT2D eigenvalue weighted by molar-refractivity contribution is 0.726. The predicted molar refractivity (Wildman–Crippen MR) is 103 cm³/mol. The largest absolute Gasteiger partial charge is 0.373 e. The molecule has 1 atom stereocenters. The van der Waals surface area contributed by atoms with Gasteiger partial charge in [0.25, 0.3) is 0 Å². The Bertz CT molecular complexity index is 828. The van der Waals surface area contributed by atoms with Crippen molar-refractivity contribution in [1.82, 2.24) is 9.78 Å². The molecule has 0 radical (unpaired) electrons. The fourth-order valence-electron chi connectivity index (χ4n) is 2.55. The van der Waals surface area contributed by atoms with Gasteiger partial charge in [-0.25, -0.2) is 0 Å². The van der Waals surface area contributed by atoms with Crippen molar-refractivity contribution in [2.45, 2.75) is 12.5 Å². The van der Waals surface area contributed by atoms with Crippen molar-refractivity contribution in [2.75, 3.05) is 11.9 Å². The number of thiophene rings is 1. The molecule has 0 spiro atoms. The molecule has 24 heavy (non-hydrogen) atoms. The van der Waals surface area contributed by atoms with Gasteiger partial charge in [0.05, 0.1) is 10.7 Å². The second kappa shape index (κ2) is 7.57. The van der Waals surface area contributed by atoms with Crippen LogP contribution in [0.3, 0.4) is 0 Å². The van der Waals surface area contributed by atoms with Crippen LogP contribution in [0.5, 0.6) is 0 Å². The second-order valence-corrected chi connectivity index (χ2v) is 7.31. The molecular formula is C17H18Cl2N4S. The maximum atomic E-state index is 6.26. The number of anilines is 1. The normalized spacial score (nSPS) is 12.3. The minimum atomic E-state index is 0.0988. The fourth-order valence-corrected chi connectivity index (χ4v) is 3.91. The summed E-state index contributed by atoms with van der Waals surface area (Å²) >= 11 is 13.9. The number of nitrogens with zero attached hydrogens (tertiary/aromatic N) is 2. The molecule has 0 aliphatic carbocycles. The van der Waals surface area contributed by atoms with Crippen molar-refractivity contribution in [1.29, 1.82) is 0 Å². The van der Waals surface area contributed by atoms with Gasteiger partial charge in [0.1, 0.15) is 0 Å². The lowest BCUT2D eigenvalue weighted by atomic mass is 10.1. The van der Waals surface area contributed by atoms with Gasteiger partial charge in [0, 0.05) is 46.8 Å². The number of aryl methyl sites for hydroxylation is 1. The van der Waals surface area contributed by atoms with Crippen LogP contribution in [-0.4, -0.2) is 22.4 Å². The third-order valence-electron chi connectivity index (χ3n) is 3.83. The van der Waals surface area contributed by atoms with Crippen LogP contribution < -0.4 is 11.1 Å². The highest BCUT2D eigenvalue weighted by atomic mass is 35.5. The Morgan fingerprint density at radius 3 is 2.79 bits per heavy atom. The number of halogens is 2. The van der Waals surface area contributed by atoms with Gasteiger partial charge in [-0.3, -0.25) is 4.68 Å². The number of nitrogens with one attached hydrogen (secondary N) is 1. The predicted octanol–water partition coefficient (Wildman–Crippen LogP) is 4.44. The van der Waals surface area contributed by atoms with E-state index in [4.69, 9.17) is 28.9 Å². The molecule has 0 bridgehead atoms. The smallest absolute Gasteiger partial charge is 0.0892 e. The van der Waals surface area contributed by atoms with Gasteiger partial charge >= 0.3 is 0 Å². The van der Waals surface area contributed by atoms with Crippen LogP contribution in [0.25, 0.3) is 11.3 Å². The van der Waals surface area contributed by atoms with Gasteiger partial charge in [-0.15, -0.1) is 11.3 Å². The average Bonchev–Trinajstić information content (AvgIpc) is 3.17. The van der Waals surface area contributed by atoms with Crippen LogP contribution in [0.15, 0.2) is 41.9 Å². The minimum Gasteiger partial charge on any atom is -0.373 e. The summed E-state index contributed by atoms with van der Waals surface area (Å²) in [5.74, 6) is 0. The van der Waals surface area contributed by atoms with Crippen LogP contribution in [-0.2, 0) is 13.5 Å². The molecular weight excluding hydrogens is 363 g/mol. The number of hydrogen-bond acceptors (Lipinski definition) is 4. The summed E-state index contributed by atoms with van der Waals surface area (Å²) in [5.41, 5.74) is 9.20. The first-order valence-corrected chi connectivity index (χ1v) is 9.18. The Morgan fingerprint density at radius 1 is 1.29 bits per heavy atom. The molecule has 0 amide bonds. The Morgan fingerprint density at radius 2 is 2.12 bits per heavy atom. The topological polar surface area (TPSA) is 55.9 Å². The zero-order valence-electron chi connectivity index (χ0n) is 13.2. The number of benzene rings is 1. The Kier molecular flexibility index (Phi) is 5.46. The van der Waals surface area contributed by atoms with Crippen LogP contribution in [0, 0.1) is 0 Å². The van der Waals surface area contributed by atoms with E-state index in [1.807, 2.05) is 29.9 Å². The summed E-state index contributed by atoms with van der Waals surface area (Å²) in [5, 5.41) is 12.2. The fraction of sp³-hybridized carbons (Fsp3) is 0.235. The van der Waals surface area contributed by atoms with Crippen LogP contribution in [0.4, 0.5) is 5.00 Å². The van der Waals surface area contributed by atoms with Crippen molar-refractivity contribution >= 4 is 39.5 Å². The quantitative estimate of drug-likeness (QED) is 0.664. The van der Waals surface area contributed by atoms with E-state index >= 15 is 0 Å². The molecule has 7 heteroatoms. The van der Waals surface area contributed by atoms with E-state index in [9.17, 15) is 0 Å². The molecule has 4 nitrogen and oxygen atoms in total. The first-order chi connectivity index (χ1) is 11.6. The summed E-state index contributed by atoms with van der Waals surface area (Å²) in [4.78, 5) is 0. The van der Waals surface area contributed by atoms with E-state index in [0.29, 0.717) is 16.6 Å². The average molecular weight is 381 g/mol. The van der Waals surface area contributed by atoms with E-state index in [1.54, 1.807) is 23.6 Å². The lowest BCUT2D eigenvalue weighted by Gasteiger charge is -2.17. The molecule has 126 valence electrons. The van der Waals surface area contributed by atoms with Crippen molar-refractivity contribution < 1.29 is 0 Å². The molecule has 0 saturated heterocycles. The highest BCUT2D eigenvalue weighted by Gasteiger charge is 2.13. The number of aromatic nitrogens is 2. The first kappa shape index (κ1) is 17.3. The van der Waals surface area contributed by atoms with Gasteiger partial charge in [-0.05, 0) is 36.2 Å². The molecule has 1 aromatic carbocycles. The second-order valence-electron chi connectivity index (χ2n) is 5.56. The van der Waals surface area contributed by atoms with Crippen LogP contribution in [0.1, 0.15) is 5.56 Å². The van der Waals surface area contributed by atoms with Crippen molar-refractivity contribution in [3.05, 3.63) is 57.5 Å². The first-order valence-electron chi connectivity index (χ1n) is 7.54. The van der Waals surface area contributed by atoms with Gasteiger partial charge in [0.2, 0.25) is 0 Å². The van der Waals surface area contributed by atoms with E-state index < -0.39 is 0 Å². The minimum absolute atomic E-state index is 0.0988. The number of nitrogens with two attached hydrogens (primary N) is 1. The Labute approximate surface area is 155 Å². The summed E-state index contributed by atoms with van der Waals surface area (Å²) in [6, 6.07) is 9.78. The zero-order valence-corrected chi connectivity index (χ0v) is 15.5. The standard InChI is InChI=1S/C17H18Cl2N4S/c1-23-16(4-5-21-23)12-7-17(24-10-12)22-14(9-20)6-11-2-3-13(18)8-15(11)19/h2-5,7-8,10,14,22H,6,9,20H2,1H3/t14-/m0/s1. The molecule has 3 rings (SSSR count). The highest BCUT2D eigenvalue weighted by molar-refractivity contribution is 7.14. The van der Waals surface area contributed by atoms with Gasteiger partial charge in [-0.2, -0.15) is 5.10 Å². The molecule has 0 saturated carbocycles. The molecule has 0 fully saturated rings. The monoisotopic (exact) mass is 380 g/mol. The third-order valence-corrected chi connectivity index (χ3v) is 5.28. The molecule has 3 N–H and O–H groups in total. The molecule has 3 aromatic rings. The molecule has 0 unspecified atom stereocenters. The summed E-state index contributed by atoms with van der Waals surface area (Å²) < 4.78 is 1.86. The van der Waals surface area contributed by atoms with Crippen LogP contribution >= 0.6 is 34.5 Å². The maximum Gasteiger partial charge on any atom is 0.0892 e. The van der Waals surface area contributed by atoms with Crippen molar-refractivity contribution in [3.8, 4) is 11.3 Å². The summed E-state index contributed by atoms with van der Waals surface area (Å²) in [7, 11) is 1.94. The Hall–Kier alpha value is -1.53. The van der Waals surface area contributed by atoms with Gasteiger partial charge in [-0.1, -0.05) is 29.3 Å². The molecule has 2 heterocycles. The summed E-state index contributed by atoms with van der Waals surface area (Å²) in [6.45, 7) is 0.512. The molecule has 2 aromatic heterocycles. The Balaban J connectivity index is 1.72. The molecule has 0 aliphatic rings. The van der Waals surface area contributed by atoms with Gasteiger partial charge < -0.3 is 11.1 Å². The summed E-state index contributed by atoms with van der Waals surface area (Å²) in [6.07, 6.45) is 2.54. The number of hydrogen-bond donors (Lipinski definition) is 2. The van der Waals surface area contributed by atoms with Gasteiger partial charge in [0.15, 0.2) is 0 Å². The lowest BCUT2D eigenvalue weighted by Crippen LogP contribution is -2.30. The molecule has 0 aliphatic heterocycles. The number of rotatable bonds is 6. The zero-order chi connectivity index (χ0) is 17.1. The van der Waals surface area contributed by atoms with E-state index in [0.717, 1.165) is 28.2 Å². The highest BCUT2D eigenvalue weighted by Crippen LogP contribution is 2.29. The van der Waals surface area contributed by atoms with E-state index in [2.05, 4.69) is 21.9 Å². The van der Waals surface area contributed by atoms with Crippen molar-refractivity contribution in [2.24, 2.45) is 12.8 Å². The van der Waals surface area contributed by atoms with E-state index in [-0.39, 0.29) is 6.04 Å².